The molecule has 0 bridgehead atoms. The van der Waals surface area contributed by atoms with Crippen LogP contribution in [0.15, 0.2) is 97.4 Å². The minimum Gasteiger partial charge on any atom is -0.489 e. The Morgan fingerprint density at radius 2 is 1.55 bits per heavy atom. The third-order valence-corrected chi connectivity index (χ3v) is 4.56. The molecule has 0 aliphatic rings. The van der Waals surface area contributed by atoms with Crippen LogP contribution in [0.3, 0.4) is 0 Å². The van der Waals surface area contributed by atoms with E-state index in [1.54, 1.807) is 30.4 Å². The molecule has 0 aromatic heterocycles. The molecule has 0 saturated heterocycles. The van der Waals surface area contributed by atoms with E-state index < -0.39 is 0 Å². The summed E-state index contributed by atoms with van der Waals surface area (Å²) in [6, 6.07) is 0. The Morgan fingerprint density at radius 3 is 2.00 bits per heavy atom. The van der Waals surface area contributed by atoms with Gasteiger partial charge < -0.3 is 9.47 Å². The molecule has 0 heterocycles. The van der Waals surface area contributed by atoms with Crippen molar-refractivity contribution in [3.63, 3.8) is 0 Å². The van der Waals surface area contributed by atoms with Gasteiger partial charge in [0, 0.05) is 11.1 Å². The van der Waals surface area contributed by atoms with E-state index in [1.165, 1.54) is 0 Å². The van der Waals surface area contributed by atoms with Crippen molar-refractivity contribution in [1.29, 1.82) is 0 Å². The molecular formula is C28H42O3. The van der Waals surface area contributed by atoms with E-state index in [2.05, 4.69) is 32.9 Å². The number of ether oxygens (including phenoxy) is 2. The summed E-state index contributed by atoms with van der Waals surface area (Å²) in [6.07, 6.45) is 10.5. The predicted octanol–water partition coefficient (Wildman–Crippen LogP) is 7.68. The molecule has 0 aliphatic carbocycles. The monoisotopic (exact) mass is 426 g/mol. The molecule has 0 amide bonds. The van der Waals surface area contributed by atoms with Gasteiger partial charge >= 0.3 is 5.97 Å². The van der Waals surface area contributed by atoms with E-state index in [1.807, 2.05) is 54.5 Å². The van der Waals surface area contributed by atoms with Gasteiger partial charge in [0.1, 0.15) is 19.0 Å². The molecule has 0 fully saturated rings. The molecule has 0 spiro atoms. The van der Waals surface area contributed by atoms with Gasteiger partial charge in [-0.15, -0.1) is 0 Å². The second-order valence-electron chi connectivity index (χ2n) is 7.73. The maximum absolute atomic E-state index is 12.2. The minimum absolute atomic E-state index is 0.139. The third kappa shape index (κ3) is 11.2. The minimum atomic E-state index is -0.240. The predicted molar refractivity (Wildman–Crippen MR) is 136 cm³/mol. The van der Waals surface area contributed by atoms with E-state index in [9.17, 15) is 4.79 Å². The first kappa shape index (κ1) is 30.4. The number of carbonyl (C=O) groups is 1. The zero-order chi connectivity index (χ0) is 24.6. The van der Waals surface area contributed by atoms with Gasteiger partial charge in [-0.2, -0.15) is 0 Å². The van der Waals surface area contributed by atoms with E-state index in [-0.39, 0.29) is 30.5 Å². The fraction of sp³-hybridized carbons (Fsp3) is 0.393. The number of hydrogen-bond donors (Lipinski definition) is 0. The van der Waals surface area contributed by atoms with Crippen LogP contribution < -0.4 is 0 Å². The van der Waals surface area contributed by atoms with Crippen molar-refractivity contribution in [3.05, 3.63) is 97.4 Å². The summed E-state index contributed by atoms with van der Waals surface area (Å²) >= 11 is 0. The Balaban J connectivity index is 0. The molecule has 0 aromatic rings. The van der Waals surface area contributed by atoms with Gasteiger partial charge in [0.15, 0.2) is 0 Å². The average Bonchev–Trinajstić information content (AvgIpc) is 2.73. The highest BCUT2D eigenvalue weighted by Crippen LogP contribution is 2.28. The van der Waals surface area contributed by atoms with Crippen LogP contribution in [0.2, 0.25) is 0 Å². The standard InChI is InChI=1S/C26H36O3.C2H6/c1-11-14-16-19(4)21(6)24(23(13-3)20(5)15-12-2)28-17-18-29-25(27)22(7)26(8,9)10;1-2/h11-16,22H,1-4,6,17-18H2,5,7-10H3;1-2H3/b16-14-,20-15+,24-23-;. The molecule has 0 aromatic carbocycles. The van der Waals surface area contributed by atoms with Crippen molar-refractivity contribution in [2.45, 2.75) is 48.5 Å². The number of allylic oxidation sites excluding steroid dienone is 9. The summed E-state index contributed by atoms with van der Waals surface area (Å²) < 4.78 is 11.4. The molecule has 0 saturated carbocycles. The largest absolute Gasteiger partial charge is 0.489 e. The van der Waals surface area contributed by atoms with Crippen LogP contribution in [-0.4, -0.2) is 19.2 Å². The lowest BCUT2D eigenvalue weighted by Gasteiger charge is -2.25. The summed E-state index contributed by atoms with van der Waals surface area (Å²) in [7, 11) is 0. The normalized spacial score (nSPS) is 13.2. The third-order valence-electron chi connectivity index (χ3n) is 4.56. The molecule has 3 heteroatoms. The van der Waals surface area contributed by atoms with Gasteiger partial charge in [-0.25, -0.2) is 0 Å². The molecular weight excluding hydrogens is 384 g/mol. The van der Waals surface area contributed by atoms with Crippen molar-refractivity contribution in [2.24, 2.45) is 11.3 Å². The SMILES string of the molecule is C=C/C=C\C(=C)C(=C)/C(OCCOC(=O)C(C)C(C)(C)C)=C(C=C)/C(C)=C/C=C.CC. The van der Waals surface area contributed by atoms with Gasteiger partial charge in [-0.05, 0) is 23.5 Å². The molecule has 1 atom stereocenters. The van der Waals surface area contributed by atoms with Crippen molar-refractivity contribution in [1.82, 2.24) is 0 Å². The quantitative estimate of drug-likeness (QED) is 0.139. The summed E-state index contributed by atoms with van der Waals surface area (Å²) in [5.41, 5.74) is 2.84. The lowest BCUT2D eigenvalue weighted by Crippen LogP contribution is -2.28. The van der Waals surface area contributed by atoms with E-state index >= 15 is 0 Å². The molecule has 0 N–H and O–H groups in total. The van der Waals surface area contributed by atoms with Crippen molar-refractivity contribution in [3.8, 4) is 0 Å². The van der Waals surface area contributed by atoms with Crippen LogP contribution in [0.4, 0.5) is 0 Å². The van der Waals surface area contributed by atoms with Gasteiger partial charge in [0.25, 0.3) is 0 Å². The summed E-state index contributed by atoms with van der Waals surface area (Å²) in [4.78, 5) is 12.2. The summed E-state index contributed by atoms with van der Waals surface area (Å²) in [5, 5.41) is 0. The fourth-order valence-electron chi connectivity index (χ4n) is 2.22. The van der Waals surface area contributed by atoms with E-state index in [0.717, 1.165) is 11.1 Å². The number of rotatable bonds is 12. The van der Waals surface area contributed by atoms with Crippen LogP contribution in [0, 0.1) is 11.3 Å². The Morgan fingerprint density at radius 1 is 1.00 bits per heavy atom. The van der Waals surface area contributed by atoms with Gasteiger partial charge in [-0.3, -0.25) is 4.79 Å². The number of esters is 1. The smallest absolute Gasteiger partial charge is 0.309 e. The Hall–Kier alpha value is -2.81. The highest BCUT2D eigenvalue weighted by Gasteiger charge is 2.28. The van der Waals surface area contributed by atoms with Gasteiger partial charge in [-0.1, -0.05) is 111 Å². The molecule has 3 nitrogen and oxygen atoms in total. The van der Waals surface area contributed by atoms with Crippen LogP contribution in [0.5, 0.6) is 0 Å². The lowest BCUT2D eigenvalue weighted by molar-refractivity contribution is -0.152. The molecule has 31 heavy (non-hydrogen) atoms. The Bertz CT molecular complexity index is 737. The van der Waals surface area contributed by atoms with Crippen LogP contribution in [0.1, 0.15) is 48.5 Å². The second kappa shape index (κ2) is 16.0. The van der Waals surface area contributed by atoms with Gasteiger partial charge in [0.2, 0.25) is 0 Å². The van der Waals surface area contributed by atoms with Crippen LogP contribution >= 0.6 is 0 Å². The second-order valence-corrected chi connectivity index (χ2v) is 7.73. The molecule has 1 unspecified atom stereocenters. The van der Waals surface area contributed by atoms with E-state index in [4.69, 9.17) is 9.47 Å². The number of hydrogen-bond acceptors (Lipinski definition) is 3. The summed E-state index contributed by atoms with van der Waals surface area (Å²) in [6.45, 7) is 33.6. The molecule has 0 radical (unpaired) electrons. The maximum atomic E-state index is 12.2. The maximum Gasteiger partial charge on any atom is 0.309 e. The van der Waals surface area contributed by atoms with Crippen molar-refractivity contribution in [2.75, 3.05) is 13.2 Å². The zero-order valence-electron chi connectivity index (χ0n) is 20.7. The van der Waals surface area contributed by atoms with Crippen molar-refractivity contribution >= 4 is 5.97 Å². The average molecular weight is 427 g/mol. The van der Waals surface area contributed by atoms with Gasteiger partial charge in [0.05, 0.1) is 5.92 Å². The highest BCUT2D eigenvalue weighted by atomic mass is 16.6. The summed E-state index contributed by atoms with van der Waals surface area (Å²) in [5.74, 6) is 0.0856. The molecule has 0 aliphatic heterocycles. The number of carbonyl (C=O) groups excluding carboxylic acids is 1. The first-order valence-electron chi connectivity index (χ1n) is 10.6. The topological polar surface area (TPSA) is 35.5 Å². The molecule has 172 valence electrons. The first-order valence-corrected chi connectivity index (χ1v) is 10.6. The zero-order valence-corrected chi connectivity index (χ0v) is 20.7. The fourth-order valence-corrected chi connectivity index (χ4v) is 2.22. The van der Waals surface area contributed by atoms with Crippen LogP contribution in [-0.2, 0) is 14.3 Å². The molecule has 0 rings (SSSR count). The van der Waals surface area contributed by atoms with Crippen LogP contribution in [0.25, 0.3) is 0 Å². The van der Waals surface area contributed by atoms with Crippen molar-refractivity contribution < 1.29 is 14.3 Å². The highest BCUT2D eigenvalue weighted by molar-refractivity contribution is 5.72. The Kier molecular flexibility index (Phi) is 15.6. The van der Waals surface area contributed by atoms with E-state index in [0.29, 0.717) is 16.9 Å². The first-order chi connectivity index (χ1) is 14.5. The Labute approximate surface area is 190 Å². The lowest BCUT2D eigenvalue weighted by atomic mass is 9.82.